The second-order valence-electron chi connectivity index (χ2n) is 3.58. The lowest BCUT2D eigenvalue weighted by atomic mass is 10.3. The molecule has 0 atom stereocenters. The van der Waals surface area contributed by atoms with Crippen LogP contribution >= 0.6 is 15.9 Å². The number of benzene rings is 1. The molecule has 0 saturated heterocycles. The number of nitrogens with zero attached hydrogens (tertiary/aromatic N) is 1. The summed E-state index contributed by atoms with van der Waals surface area (Å²) in [6.07, 6.45) is 0. The molecule has 2 rings (SSSR count). The second-order valence-corrected chi connectivity index (χ2v) is 4.44. The molecule has 0 unspecified atom stereocenters. The Kier molecular flexibility index (Phi) is 4.33. The van der Waals surface area contributed by atoms with Gasteiger partial charge in [0.05, 0.1) is 4.47 Å². The van der Waals surface area contributed by atoms with Crippen LogP contribution in [0, 0.1) is 5.82 Å². The molecule has 1 heterocycles. The van der Waals surface area contributed by atoms with Crippen LogP contribution in [-0.2, 0) is 18.0 Å². The van der Waals surface area contributed by atoms with Crippen molar-refractivity contribution in [1.29, 1.82) is 0 Å². The number of halogens is 2. The predicted octanol–water partition coefficient (Wildman–Crippen LogP) is 3.30. The first kappa shape index (κ1) is 13.0. The molecule has 1 aromatic carbocycles. The minimum absolute atomic E-state index is 0.217. The average Bonchev–Trinajstić information content (AvgIpc) is 2.79. The van der Waals surface area contributed by atoms with Crippen molar-refractivity contribution < 1.29 is 18.4 Å². The quantitative estimate of drug-likeness (QED) is 0.849. The van der Waals surface area contributed by atoms with E-state index in [9.17, 15) is 4.39 Å². The van der Waals surface area contributed by atoms with Gasteiger partial charge in [0, 0.05) is 19.2 Å². The van der Waals surface area contributed by atoms with Crippen LogP contribution in [0.25, 0.3) is 0 Å². The Morgan fingerprint density at radius 3 is 2.89 bits per heavy atom. The standard InChI is InChI=1S/C12H11BrFNO3/c1-16-7-10-4-8(15-18-10)6-17-9-2-3-11(13)12(14)5-9/h2-5H,6-7H2,1H3. The van der Waals surface area contributed by atoms with Gasteiger partial charge >= 0.3 is 0 Å². The van der Waals surface area contributed by atoms with Gasteiger partial charge in [0.1, 0.15) is 30.5 Å². The van der Waals surface area contributed by atoms with Crippen molar-refractivity contribution in [2.24, 2.45) is 0 Å². The molecule has 18 heavy (non-hydrogen) atoms. The molecule has 1 aromatic heterocycles. The Morgan fingerprint density at radius 2 is 2.17 bits per heavy atom. The monoisotopic (exact) mass is 315 g/mol. The van der Waals surface area contributed by atoms with Gasteiger partial charge in [0.2, 0.25) is 0 Å². The molecule has 0 N–H and O–H groups in total. The minimum atomic E-state index is -0.368. The normalized spacial score (nSPS) is 10.6. The molecule has 0 aliphatic heterocycles. The Morgan fingerprint density at radius 1 is 1.33 bits per heavy atom. The van der Waals surface area contributed by atoms with Crippen LogP contribution < -0.4 is 4.74 Å². The molecule has 0 radical (unpaired) electrons. The Labute approximate surface area is 112 Å². The first-order chi connectivity index (χ1) is 8.69. The van der Waals surface area contributed by atoms with E-state index in [0.717, 1.165) is 0 Å². The van der Waals surface area contributed by atoms with Crippen LogP contribution in [0.5, 0.6) is 5.75 Å². The van der Waals surface area contributed by atoms with Crippen molar-refractivity contribution in [3.8, 4) is 5.75 Å². The van der Waals surface area contributed by atoms with E-state index in [1.54, 1.807) is 25.3 Å². The summed E-state index contributed by atoms with van der Waals surface area (Å²) in [5.41, 5.74) is 0.630. The lowest BCUT2D eigenvalue weighted by Gasteiger charge is -2.04. The highest BCUT2D eigenvalue weighted by Crippen LogP contribution is 2.21. The van der Waals surface area contributed by atoms with Crippen molar-refractivity contribution in [1.82, 2.24) is 5.16 Å². The number of aromatic nitrogens is 1. The first-order valence-corrected chi connectivity index (χ1v) is 5.99. The third-order valence-corrected chi connectivity index (χ3v) is 2.82. The maximum Gasteiger partial charge on any atom is 0.162 e. The van der Waals surface area contributed by atoms with Gasteiger partial charge in [0.25, 0.3) is 0 Å². The van der Waals surface area contributed by atoms with Crippen LogP contribution in [0.15, 0.2) is 33.3 Å². The van der Waals surface area contributed by atoms with Gasteiger partial charge in [-0.3, -0.25) is 0 Å². The average molecular weight is 316 g/mol. The molecule has 0 aliphatic carbocycles. The molecule has 96 valence electrons. The van der Waals surface area contributed by atoms with Crippen molar-refractivity contribution >= 4 is 15.9 Å². The number of methoxy groups -OCH3 is 1. The number of ether oxygens (including phenoxy) is 2. The van der Waals surface area contributed by atoms with Crippen LogP contribution in [0.2, 0.25) is 0 Å². The fourth-order valence-electron chi connectivity index (χ4n) is 1.36. The number of hydrogen-bond donors (Lipinski definition) is 0. The predicted molar refractivity (Wildman–Crippen MR) is 65.6 cm³/mol. The molecule has 0 spiro atoms. The van der Waals surface area contributed by atoms with Gasteiger partial charge in [0.15, 0.2) is 5.76 Å². The zero-order valence-corrected chi connectivity index (χ0v) is 11.2. The lowest BCUT2D eigenvalue weighted by molar-refractivity contribution is 0.155. The summed E-state index contributed by atoms with van der Waals surface area (Å²) in [6, 6.07) is 6.30. The highest BCUT2D eigenvalue weighted by Gasteiger charge is 2.06. The van der Waals surface area contributed by atoms with Crippen molar-refractivity contribution in [3.63, 3.8) is 0 Å². The van der Waals surface area contributed by atoms with E-state index >= 15 is 0 Å². The van der Waals surface area contributed by atoms with Crippen molar-refractivity contribution in [2.75, 3.05) is 7.11 Å². The number of rotatable bonds is 5. The molecule has 2 aromatic rings. The van der Waals surface area contributed by atoms with Crippen molar-refractivity contribution in [2.45, 2.75) is 13.2 Å². The number of hydrogen-bond acceptors (Lipinski definition) is 4. The third-order valence-electron chi connectivity index (χ3n) is 2.17. The van der Waals surface area contributed by atoms with E-state index in [0.29, 0.717) is 28.3 Å². The molecule has 0 fully saturated rings. The highest BCUT2D eigenvalue weighted by atomic mass is 79.9. The Balaban J connectivity index is 1.95. The highest BCUT2D eigenvalue weighted by molar-refractivity contribution is 9.10. The maximum absolute atomic E-state index is 13.2. The Bertz CT molecular complexity index is 530. The summed E-state index contributed by atoms with van der Waals surface area (Å²) in [7, 11) is 1.57. The topological polar surface area (TPSA) is 44.5 Å². The van der Waals surface area contributed by atoms with Gasteiger partial charge in [-0.25, -0.2) is 4.39 Å². The molecule has 0 aliphatic rings. The van der Waals surface area contributed by atoms with E-state index < -0.39 is 0 Å². The summed E-state index contributed by atoms with van der Waals surface area (Å²) >= 11 is 3.07. The molecular weight excluding hydrogens is 305 g/mol. The zero-order valence-electron chi connectivity index (χ0n) is 9.65. The van der Waals surface area contributed by atoms with Crippen molar-refractivity contribution in [3.05, 3.63) is 46.0 Å². The Hall–Kier alpha value is -1.40. The minimum Gasteiger partial charge on any atom is -0.487 e. The molecular formula is C12H11BrFNO3. The lowest BCUT2D eigenvalue weighted by Crippen LogP contribution is -1.96. The van der Waals surface area contributed by atoms with E-state index in [2.05, 4.69) is 21.1 Å². The van der Waals surface area contributed by atoms with Gasteiger partial charge in [-0.2, -0.15) is 0 Å². The summed E-state index contributed by atoms with van der Waals surface area (Å²) in [5, 5.41) is 3.81. The summed E-state index contributed by atoms with van der Waals surface area (Å²) < 4.78 is 28.9. The van der Waals surface area contributed by atoms with E-state index in [1.807, 2.05) is 0 Å². The third kappa shape index (κ3) is 3.30. The van der Waals surface area contributed by atoms with Crippen LogP contribution in [0.3, 0.4) is 0 Å². The van der Waals surface area contributed by atoms with Gasteiger partial charge in [-0.15, -0.1) is 0 Å². The van der Waals surface area contributed by atoms with Gasteiger partial charge in [-0.1, -0.05) is 5.16 Å². The summed E-state index contributed by atoms with van der Waals surface area (Å²) in [6.45, 7) is 0.578. The van der Waals surface area contributed by atoms with E-state index in [4.69, 9.17) is 14.0 Å². The van der Waals surface area contributed by atoms with Crippen LogP contribution in [-0.4, -0.2) is 12.3 Å². The van der Waals surface area contributed by atoms with E-state index in [1.165, 1.54) is 6.07 Å². The maximum atomic E-state index is 13.2. The SMILES string of the molecule is COCc1cc(COc2ccc(Br)c(F)c2)no1. The fourth-order valence-corrected chi connectivity index (χ4v) is 1.60. The zero-order chi connectivity index (χ0) is 13.0. The first-order valence-electron chi connectivity index (χ1n) is 5.20. The smallest absolute Gasteiger partial charge is 0.162 e. The second kappa shape index (κ2) is 5.97. The van der Waals surface area contributed by atoms with Crippen LogP contribution in [0.4, 0.5) is 4.39 Å². The molecule has 0 bridgehead atoms. The van der Waals surface area contributed by atoms with E-state index in [-0.39, 0.29) is 12.4 Å². The van der Waals surface area contributed by atoms with Gasteiger partial charge in [-0.05, 0) is 28.1 Å². The summed E-state index contributed by atoms with van der Waals surface area (Å²) in [4.78, 5) is 0. The molecule has 6 heteroatoms. The molecule has 0 saturated carbocycles. The van der Waals surface area contributed by atoms with Crippen LogP contribution in [0.1, 0.15) is 11.5 Å². The molecule has 0 amide bonds. The molecule has 4 nitrogen and oxygen atoms in total. The van der Waals surface area contributed by atoms with Gasteiger partial charge < -0.3 is 14.0 Å². The summed E-state index contributed by atoms with van der Waals surface area (Å²) in [5.74, 6) is 0.692. The fraction of sp³-hybridized carbons (Fsp3) is 0.250. The largest absolute Gasteiger partial charge is 0.487 e.